The Morgan fingerprint density at radius 1 is 0.390 bits per heavy atom. The van der Waals surface area contributed by atoms with Gasteiger partial charge in [0.05, 0.1) is 26.4 Å². The van der Waals surface area contributed by atoms with Crippen LogP contribution in [0.5, 0.6) is 0 Å². The van der Waals surface area contributed by atoms with Crippen molar-refractivity contribution in [2.75, 3.05) is 86.1 Å². The Morgan fingerprint density at radius 3 is 1.13 bits per heavy atom. The lowest BCUT2D eigenvalue weighted by Gasteiger charge is -2.42. The van der Waals surface area contributed by atoms with Gasteiger partial charge in [0.1, 0.15) is 79.1 Å². The van der Waals surface area contributed by atoms with Gasteiger partial charge in [0, 0.05) is 125 Å². The molecule has 35 heteroatoms. The lowest BCUT2D eigenvalue weighted by Crippen LogP contribution is -2.64. The number of methoxy groups -OCH3 is 1. The Labute approximate surface area is 584 Å². The number of amides is 9. The van der Waals surface area contributed by atoms with E-state index < -0.39 is 153 Å². The van der Waals surface area contributed by atoms with Crippen molar-refractivity contribution in [3.05, 3.63) is 0 Å². The van der Waals surface area contributed by atoms with Crippen molar-refractivity contribution < 1.29 is 127 Å². The first-order valence-electron chi connectivity index (χ1n) is 35.2. The van der Waals surface area contributed by atoms with Crippen LogP contribution in [0.25, 0.3) is 0 Å². The molecule has 19 N–H and O–H groups in total. The zero-order chi connectivity index (χ0) is 73.9. The number of aliphatic hydroxyl groups excluding tert-OH is 10. The van der Waals surface area contributed by atoms with Gasteiger partial charge in [0.15, 0.2) is 18.9 Å². The highest BCUT2D eigenvalue weighted by Gasteiger charge is 2.48. The minimum Gasteiger partial charge on any atom is -0.396 e. The molecule has 0 aromatic rings. The van der Waals surface area contributed by atoms with Crippen molar-refractivity contribution in [1.82, 2.24) is 47.9 Å². The number of hydrogen-bond donors (Lipinski definition) is 19. The number of ether oxygens (including phenoxy) is 7. The summed E-state index contributed by atoms with van der Waals surface area (Å²) in [5, 5.41) is 126. The zero-order valence-electron chi connectivity index (χ0n) is 58.4. The average molecular weight is 1440 g/mol. The molecule has 3 fully saturated rings. The standard InChI is InChI=1S/C65H117N9O26/c1-39(79)70-53-59(90)56(87)45(35-76)98-63(53)95-31-14-8-21-48(82)66-27-12-6-19-43(73-51(85)24-17-30-68-50(84)23-10-16-33-97-65-55(72-41(3)81)61(92)58(89)47(37-78)100-65)25-26-52(86)74-44(62(93)69-29-11-5-18-42(34-75)38-94-4)20-7-13-28-67-49(83)22-9-15-32-96-64-54(71-40(2)80)60(91)57(88)46(36-77)99-64/h42-47,53-61,63-65,75-78,87-92H,5-38H2,1-4H3,(H,66,82)(H,67,83)(H,68,84)(H,69,93)(H,70,79)(H,71,80)(H,72,81)(H,73,85)(H,74,86)/t42?,43-,44+,45?,46?,47?,53?,54?,55?,56+,57+,58+,59-,60-,61-,63-,64-,65-/m1/s1. The fourth-order valence-electron chi connectivity index (χ4n) is 11.6. The molecular formula is C65H117N9O26. The second-order valence-corrected chi connectivity index (χ2v) is 25.6. The molecule has 100 heavy (non-hydrogen) atoms. The second-order valence-electron chi connectivity index (χ2n) is 25.6. The molecule has 0 radical (unpaired) electrons. The predicted molar refractivity (Wildman–Crippen MR) is 354 cm³/mol. The Balaban J connectivity index is 1.56. The van der Waals surface area contributed by atoms with Crippen molar-refractivity contribution in [1.29, 1.82) is 0 Å². The molecule has 0 aliphatic carbocycles. The molecule has 9 amide bonds. The lowest BCUT2D eigenvalue weighted by atomic mass is 9.97. The van der Waals surface area contributed by atoms with Crippen LogP contribution in [0.2, 0.25) is 0 Å². The Morgan fingerprint density at radius 2 is 0.750 bits per heavy atom. The molecular weight excluding hydrogens is 1320 g/mol. The van der Waals surface area contributed by atoms with E-state index in [9.17, 15) is 94.2 Å². The van der Waals surface area contributed by atoms with Gasteiger partial charge in [-0.2, -0.15) is 0 Å². The van der Waals surface area contributed by atoms with E-state index in [2.05, 4.69) is 47.9 Å². The summed E-state index contributed by atoms with van der Waals surface area (Å²) in [5.74, 6) is -3.50. The maximum atomic E-state index is 13.8. The van der Waals surface area contributed by atoms with Crippen LogP contribution in [0.3, 0.4) is 0 Å². The van der Waals surface area contributed by atoms with Crippen molar-refractivity contribution in [2.45, 2.75) is 266 Å². The van der Waals surface area contributed by atoms with Gasteiger partial charge in [0.2, 0.25) is 53.2 Å². The fourth-order valence-corrected chi connectivity index (χ4v) is 11.6. The Hall–Kier alpha value is -5.45. The van der Waals surface area contributed by atoms with Gasteiger partial charge in [-0.1, -0.05) is 6.42 Å². The summed E-state index contributed by atoms with van der Waals surface area (Å²) in [5.41, 5.74) is 0. The van der Waals surface area contributed by atoms with Gasteiger partial charge in [-0.05, 0) is 103 Å². The van der Waals surface area contributed by atoms with Crippen molar-refractivity contribution >= 4 is 53.2 Å². The van der Waals surface area contributed by atoms with E-state index in [-0.39, 0.29) is 120 Å². The summed E-state index contributed by atoms with van der Waals surface area (Å²) in [6.07, 6.45) is -8.02. The maximum absolute atomic E-state index is 13.8. The fraction of sp³-hybridized carbons (Fsp3) is 0.862. The largest absolute Gasteiger partial charge is 0.396 e. The van der Waals surface area contributed by atoms with Crippen LogP contribution in [0, 0.1) is 5.92 Å². The molecule has 0 aromatic carbocycles. The van der Waals surface area contributed by atoms with Gasteiger partial charge in [-0.25, -0.2) is 0 Å². The summed E-state index contributed by atoms with van der Waals surface area (Å²) in [6, 6.07) is -4.77. The number of carbonyl (C=O) groups is 9. The molecule has 3 aliphatic heterocycles. The first kappa shape index (κ1) is 88.8. The molecule has 0 aromatic heterocycles. The summed E-state index contributed by atoms with van der Waals surface area (Å²) in [4.78, 5) is 115. The maximum Gasteiger partial charge on any atom is 0.242 e. The Bertz CT molecular complexity index is 2390. The smallest absolute Gasteiger partial charge is 0.242 e. The van der Waals surface area contributed by atoms with Gasteiger partial charge < -0.3 is 132 Å². The first-order chi connectivity index (χ1) is 47.9. The summed E-state index contributed by atoms with van der Waals surface area (Å²) >= 11 is 0. The van der Waals surface area contributed by atoms with Crippen molar-refractivity contribution in [3.8, 4) is 0 Å². The molecule has 3 saturated heterocycles. The van der Waals surface area contributed by atoms with Crippen LogP contribution in [-0.4, -0.2) is 294 Å². The topological polar surface area (TPSA) is 529 Å². The number of nitrogens with one attached hydrogen (secondary N) is 9. The lowest BCUT2D eigenvalue weighted by molar-refractivity contribution is -0.270. The van der Waals surface area contributed by atoms with Crippen molar-refractivity contribution in [2.24, 2.45) is 5.92 Å². The summed E-state index contributed by atoms with van der Waals surface area (Å²) in [6.45, 7) is 3.50. The van der Waals surface area contributed by atoms with Gasteiger partial charge in [-0.15, -0.1) is 0 Å². The monoisotopic (exact) mass is 1440 g/mol. The predicted octanol–water partition coefficient (Wildman–Crippen LogP) is -4.86. The van der Waals surface area contributed by atoms with Gasteiger partial charge in [0.25, 0.3) is 0 Å². The molecule has 0 bridgehead atoms. The van der Waals surface area contributed by atoms with Crippen LogP contribution < -0.4 is 47.9 Å². The summed E-state index contributed by atoms with van der Waals surface area (Å²) in [7, 11) is 1.55. The molecule has 0 spiro atoms. The number of rotatable bonds is 52. The van der Waals surface area contributed by atoms with Crippen LogP contribution in [0.4, 0.5) is 0 Å². The molecule has 35 nitrogen and oxygen atoms in total. The molecule has 3 rings (SSSR count). The third kappa shape index (κ3) is 34.7. The van der Waals surface area contributed by atoms with Crippen LogP contribution >= 0.6 is 0 Å². The number of unbranched alkanes of at least 4 members (excludes halogenated alkanes) is 6. The van der Waals surface area contributed by atoms with E-state index in [1.807, 2.05) is 0 Å². The molecule has 3 aliphatic rings. The van der Waals surface area contributed by atoms with E-state index in [4.69, 9.17) is 33.2 Å². The average Bonchev–Trinajstić information content (AvgIpc) is 0.824. The van der Waals surface area contributed by atoms with E-state index in [0.717, 1.165) is 0 Å². The normalized spacial score (nSPS) is 26.0. The zero-order valence-corrected chi connectivity index (χ0v) is 58.4. The number of carbonyl (C=O) groups excluding carboxylic acids is 9. The van der Waals surface area contributed by atoms with Crippen LogP contribution in [0.1, 0.15) is 162 Å². The Kier molecular flexibility index (Phi) is 45.1. The number of aliphatic hydroxyl groups is 10. The first-order valence-corrected chi connectivity index (χ1v) is 35.2. The van der Waals surface area contributed by atoms with E-state index >= 15 is 0 Å². The quantitative estimate of drug-likeness (QED) is 0.0254. The molecule has 0 saturated carbocycles. The summed E-state index contributed by atoms with van der Waals surface area (Å²) < 4.78 is 39.1. The highest BCUT2D eigenvalue weighted by Crippen LogP contribution is 2.26. The molecule has 18 atom stereocenters. The molecule has 7 unspecified atom stereocenters. The van der Waals surface area contributed by atoms with E-state index in [1.165, 1.54) is 20.8 Å². The van der Waals surface area contributed by atoms with Crippen LogP contribution in [0.15, 0.2) is 0 Å². The van der Waals surface area contributed by atoms with Gasteiger partial charge >= 0.3 is 0 Å². The molecule has 3 heterocycles. The van der Waals surface area contributed by atoms with E-state index in [0.29, 0.717) is 110 Å². The van der Waals surface area contributed by atoms with E-state index in [1.54, 1.807) is 7.11 Å². The third-order valence-corrected chi connectivity index (χ3v) is 17.2. The highest BCUT2D eigenvalue weighted by molar-refractivity contribution is 5.87. The van der Waals surface area contributed by atoms with Gasteiger partial charge in [-0.3, -0.25) is 43.2 Å². The highest BCUT2D eigenvalue weighted by atomic mass is 16.7. The SMILES string of the molecule is COCC(CO)CCCCNC(=O)[C@H](CCCCNC(=O)CCCCO[C@@H]1OC(CO)[C@H](O)[C@H](O)C1NC(C)=O)NC(=O)CC[C@@H](CCCCNC(=O)CCCCO[C@@H]1OC(CO)[C@H](O)[C@H](O)C1NC(C)=O)NC(=O)CCCNC(=O)CCCCO[C@@H]1OC(CO)[C@H](O)[C@H](O)C1NC(C)=O. The molecule has 578 valence electrons. The second kappa shape index (κ2) is 50.8. The minimum absolute atomic E-state index is 0.0257. The minimum atomic E-state index is -1.47. The van der Waals surface area contributed by atoms with Crippen LogP contribution in [-0.2, 0) is 76.3 Å². The third-order valence-electron chi connectivity index (χ3n) is 17.2. The number of hydrogen-bond acceptors (Lipinski definition) is 26. The van der Waals surface area contributed by atoms with Crippen molar-refractivity contribution in [3.63, 3.8) is 0 Å².